The van der Waals surface area contributed by atoms with Gasteiger partial charge >= 0.3 is 0 Å². The molecule has 152 valence electrons. The molecule has 3 aromatic carbocycles. The van der Waals surface area contributed by atoms with Crippen LogP contribution in [0.15, 0.2) is 66.7 Å². The second-order valence-corrected chi connectivity index (χ2v) is 7.38. The topological polar surface area (TPSA) is 95.7 Å². The van der Waals surface area contributed by atoms with Crippen LogP contribution in [0.3, 0.4) is 0 Å². The van der Waals surface area contributed by atoms with Crippen LogP contribution in [-0.4, -0.2) is 30.0 Å². The molecule has 0 bridgehead atoms. The van der Waals surface area contributed by atoms with Gasteiger partial charge in [-0.05, 0) is 66.4 Å². The quantitative estimate of drug-likeness (QED) is 0.602. The number of hydrogen-bond donors (Lipinski definition) is 3. The lowest BCUT2D eigenvalue weighted by Crippen LogP contribution is -2.23. The number of amides is 2. The van der Waals surface area contributed by atoms with Gasteiger partial charge in [0.1, 0.15) is 5.75 Å². The zero-order valence-electron chi connectivity index (χ0n) is 16.5. The molecule has 0 aliphatic carbocycles. The number of anilines is 2. The van der Waals surface area contributed by atoms with Gasteiger partial charge in [0.2, 0.25) is 0 Å². The van der Waals surface area contributed by atoms with E-state index in [1.807, 2.05) is 18.2 Å². The molecule has 2 amide bonds. The molecule has 1 aliphatic heterocycles. The van der Waals surface area contributed by atoms with Crippen LogP contribution >= 0.6 is 0 Å². The van der Waals surface area contributed by atoms with Gasteiger partial charge in [0.15, 0.2) is 0 Å². The number of nitrogens with one attached hydrogen (secondary N) is 1. The summed E-state index contributed by atoms with van der Waals surface area (Å²) in [6.07, 6.45) is 2.13. The fraction of sp³-hybridized carbons (Fsp3) is 0.167. The molecule has 0 aromatic heterocycles. The van der Waals surface area contributed by atoms with Crippen molar-refractivity contribution in [3.05, 3.63) is 77.9 Å². The first-order valence-electron chi connectivity index (χ1n) is 9.91. The molecule has 1 aliphatic rings. The Hall–Kier alpha value is -3.80. The summed E-state index contributed by atoms with van der Waals surface area (Å²) in [5, 5.41) is 12.6. The molecule has 4 N–H and O–H groups in total. The van der Waals surface area contributed by atoms with Crippen LogP contribution in [0.25, 0.3) is 11.1 Å². The number of carbonyl (C=O) groups is 2. The highest BCUT2D eigenvalue weighted by Gasteiger charge is 2.19. The minimum atomic E-state index is -0.478. The number of rotatable bonds is 5. The minimum absolute atomic E-state index is 0.173. The van der Waals surface area contributed by atoms with Crippen LogP contribution in [0.2, 0.25) is 0 Å². The van der Waals surface area contributed by atoms with Crippen molar-refractivity contribution in [1.82, 2.24) is 0 Å². The zero-order chi connectivity index (χ0) is 21.1. The number of benzene rings is 3. The number of carbonyl (C=O) groups excluding carboxylic acids is 2. The molecular formula is C24H23N3O3. The average molecular weight is 401 g/mol. The van der Waals surface area contributed by atoms with Gasteiger partial charge in [-0.1, -0.05) is 24.3 Å². The van der Waals surface area contributed by atoms with Crippen LogP contribution in [0, 0.1) is 0 Å². The maximum atomic E-state index is 12.9. The normalized spacial score (nSPS) is 13.3. The van der Waals surface area contributed by atoms with E-state index in [-0.39, 0.29) is 11.7 Å². The third-order valence-corrected chi connectivity index (χ3v) is 5.27. The van der Waals surface area contributed by atoms with Crippen LogP contribution in [0.1, 0.15) is 33.6 Å². The third kappa shape index (κ3) is 4.12. The smallest absolute Gasteiger partial charge is 0.255 e. The summed E-state index contributed by atoms with van der Waals surface area (Å²) < 4.78 is 0. The van der Waals surface area contributed by atoms with Gasteiger partial charge < -0.3 is 21.1 Å². The standard InChI is InChI=1S/C24H23N3O3/c25-23(29)21-10-9-19(15-22(21)27-11-1-2-12-27)26-24(30)18-7-3-5-16(13-18)17-6-4-8-20(28)14-17/h3-10,13-15,28H,1-2,11-12H2,(H2,25,29)(H,26,30). The number of primary amides is 1. The second kappa shape index (κ2) is 8.29. The lowest BCUT2D eigenvalue weighted by molar-refractivity contribution is 0.0998. The Morgan fingerprint density at radius 3 is 2.30 bits per heavy atom. The summed E-state index contributed by atoms with van der Waals surface area (Å²) in [6, 6.07) is 19.3. The summed E-state index contributed by atoms with van der Waals surface area (Å²) in [5.74, 6) is -0.559. The van der Waals surface area contributed by atoms with Crippen molar-refractivity contribution in [3.8, 4) is 16.9 Å². The Morgan fingerprint density at radius 1 is 0.900 bits per heavy atom. The van der Waals surface area contributed by atoms with E-state index in [4.69, 9.17) is 5.73 Å². The van der Waals surface area contributed by atoms with E-state index < -0.39 is 5.91 Å². The molecule has 4 rings (SSSR count). The molecule has 0 spiro atoms. The molecule has 0 atom stereocenters. The van der Waals surface area contributed by atoms with Crippen molar-refractivity contribution < 1.29 is 14.7 Å². The van der Waals surface area contributed by atoms with Crippen molar-refractivity contribution in [2.24, 2.45) is 5.73 Å². The Labute approximate surface area is 174 Å². The predicted octanol–water partition coefficient (Wildman–Crippen LogP) is 4.01. The number of aromatic hydroxyl groups is 1. The first kappa shape index (κ1) is 19.5. The van der Waals surface area contributed by atoms with Crippen molar-refractivity contribution in [3.63, 3.8) is 0 Å². The molecule has 30 heavy (non-hydrogen) atoms. The molecule has 0 unspecified atom stereocenters. The van der Waals surface area contributed by atoms with Gasteiger partial charge in [0, 0.05) is 24.3 Å². The van der Waals surface area contributed by atoms with Gasteiger partial charge in [0.25, 0.3) is 11.8 Å². The van der Waals surface area contributed by atoms with Crippen molar-refractivity contribution in [2.45, 2.75) is 12.8 Å². The number of hydrogen-bond acceptors (Lipinski definition) is 4. The number of phenols is 1. The third-order valence-electron chi connectivity index (χ3n) is 5.27. The zero-order valence-corrected chi connectivity index (χ0v) is 16.5. The molecule has 1 saturated heterocycles. The number of nitrogens with two attached hydrogens (primary N) is 1. The van der Waals surface area contributed by atoms with Crippen molar-refractivity contribution in [1.29, 1.82) is 0 Å². The first-order valence-corrected chi connectivity index (χ1v) is 9.91. The Bertz CT molecular complexity index is 1100. The van der Waals surface area contributed by atoms with Gasteiger partial charge in [0.05, 0.1) is 11.3 Å². The second-order valence-electron chi connectivity index (χ2n) is 7.38. The van der Waals surface area contributed by atoms with Crippen LogP contribution in [0.4, 0.5) is 11.4 Å². The largest absolute Gasteiger partial charge is 0.508 e. The van der Waals surface area contributed by atoms with E-state index in [1.54, 1.807) is 48.5 Å². The minimum Gasteiger partial charge on any atom is -0.508 e. The summed E-state index contributed by atoms with van der Waals surface area (Å²) in [7, 11) is 0. The summed E-state index contributed by atoms with van der Waals surface area (Å²) in [4.78, 5) is 26.8. The van der Waals surface area contributed by atoms with Gasteiger partial charge in [-0.25, -0.2) is 0 Å². The average Bonchev–Trinajstić information content (AvgIpc) is 3.28. The van der Waals surface area contributed by atoms with Crippen LogP contribution in [0.5, 0.6) is 5.75 Å². The first-order chi connectivity index (χ1) is 14.5. The summed E-state index contributed by atoms with van der Waals surface area (Å²) in [6.45, 7) is 1.73. The maximum absolute atomic E-state index is 12.9. The van der Waals surface area contributed by atoms with Gasteiger partial charge in [-0.2, -0.15) is 0 Å². The van der Waals surface area contributed by atoms with E-state index in [9.17, 15) is 14.7 Å². The summed E-state index contributed by atoms with van der Waals surface area (Å²) >= 11 is 0. The highest BCUT2D eigenvalue weighted by Crippen LogP contribution is 2.29. The van der Waals surface area contributed by atoms with Crippen molar-refractivity contribution in [2.75, 3.05) is 23.3 Å². The molecule has 1 heterocycles. The lowest BCUT2D eigenvalue weighted by atomic mass is 10.0. The number of nitrogens with zero attached hydrogens (tertiary/aromatic N) is 1. The van der Waals surface area contributed by atoms with E-state index in [0.29, 0.717) is 16.8 Å². The Kier molecular flexibility index (Phi) is 5.39. The molecule has 0 radical (unpaired) electrons. The molecular weight excluding hydrogens is 378 g/mol. The Morgan fingerprint density at radius 2 is 1.60 bits per heavy atom. The van der Waals surface area contributed by atoms with E-state index in [1.165, 1.54) is 0 Å². The fourth-order valence-electron chi connectivity index (χ4n) is 3.77. The Balaban J connectivity index is 1.59. The fourth-order valence-corrected chi connectivity index (χ4v) is 3.77. The monoisotopic (exact) mass is 401 g/mol. The lowest BCUT2D eigenvalue weighted by Gasteiger charge is -2.21. The molecule has 6 nitrogen and oxygen atoms in total. The van der Waals surface area contributed by atoms with Crippen LogP contribution in [-0.2, 0) is 0 Å². The SMILES string of the molecule is NC(=O)c1ccc(NC(=O)c2cccc(-c3cccc(O)c3)c2)cc1N1CCCC1. The summed E-state index contributed by atoms with van der Waals surface area (Å²) in [5.41, 5.74) is 9.51. The molecule has 0 saturated carbocycles. The van der Waals surface area contributed by atoms with E-state index in [0.717, 1.165) is 42.7 Å². The van der Waals surface area contributed by atoms with Crippen LogP contribution < -0.4 is 16.0 Å². The van der Waals surface area contributed by atoms with Crippen molar-refractivity contribution >= 4 is 23.2 Å². The van der Waals surface area contributed by atoms with Gasteiger partial charge in [-0.3, -0.25) is 9.59 Å². The highest BCUT2D eigenvalue weighted by atomic mass is 16.3. The molecule has 3 aromatic rings. The highest BCUT2D eigenvalue weighted by molar-refractivity contribution is 6.06. The maximum Gasteiger partial charge on any atom is 0.255 e. The van der Waals surface area contributed by atoms with E-state index >= 15 is 0 Å². The molecule has 1 fully saturated rings. The number of phenolic OH excluding ortho intramolecular Hbond substituents is 1. The van der Waals surface area contributed by atoms with E-state index in [2.05, 4.69) is 10.2 Å². The predicted molar refractivity (Wildman–Crippen MR) is 118 cm³/mol. The molecule has 6 heteroatoms. The van der Waals surface area contributed by atoms with Gasteiger partial charge in [-0.15, -0.1) is 0 Å².